The lowest BCUT2D eigenvalue weighted by Gasteiger charge is -2.17. The summed E-state index contributed by atoms with van der Waals surface area (Å²) in [5.74, 6) is -1.33. The first-order chi connectivity index (χ1) is 10.6. The van der Waals surface area contributed by atoms with Crippen molar-refractivity contribution in [1.82, 2.24) is 5.32 Å². The molecule has 2 rings (SSSR count). The summed E-state index contributed by atoms with van der Waals surface area (Å²) in [6, 6.07) is 13.9. The highest BCUT2D eigenvalue weighted by Crippen LogP contribution is 2.17. The van der Waals surface area contributed by atoms with E-state index < -0.39 is 11.6 Å². The summed E-state index contributed by atoms with van der Waals surface area (Å²) >= 11 is 5.11. The number of nitrogens with one attached hydrogen (secondary N) is 2. The number of benzene rings is 2. The topological polar surface area (TPSA) is 24.1 Å². The maximum absolute atomic E-state index is 13.5. The average Bonchev–Trinajstić information content (AvgIpc) is 2.50. The molecule has 0 radical (unpaired) electrons. The van der Waals surface area contributed by atoms with Gasteiger partial charge in [0, 0.05) is 6.04 Å². The van der Waals surface area contributed by atoms with E-state index in [4.69, 9.17) is 12.2 Å². The Balaban J connectivity index is 1.84. The third kappa shape index (κ3) is 4.77. The van der Waals surface area contributed by atoms with E-state index in [-0.39, 0.29) is 16.8 Å². The Hall–Kier alpha value is -2.01. The lowest BCUT2D eigenvalue weighted by molar-refractivity contribution is 0.588. The van der Waals surface area contributed by atoms with Crippen LogP contribution in [0.4, 0.5) is 14.5 Å². The second-order valence-electron chi connectivity index (χ2n) is 5.12. The van der Waals surface area contributed by atoms with Crippen molar-refractivity contribution in [3.05, 3.63) is 65.7 Å². The van der Waals surface area contributed by atoms with E-state index in [1.165, 1.54) is 23.8 Å². The van der Waals surface area contributed by atoms with Gasteiger partial charge in [-0.15, -0.1) is 0 Å². The van der Waals surface area contributed by atoms with Gasteiger partial charge in [-0.2, -0.15) is 0 Å². The fraction of sp³-hybridized carbons (Fsp3) is 0.235. The van der Waals surface area contributed by atoms with Gasteiger partial charge in [0.2, 0.25) is 0 Å². The molecule has 116 valence electrons. The molecule has 0 fully saturated rings. The van der Waals surface area contributed by atoms with E-state index in [2.05, 4.69) is 22.8 Å². The van der Waals surface area contributed by atoms with Crippen molar-refractivity contribution >= 4 is 23.0 Å². The number of anilines is 1. The molecule has 0 heterocycles. The van der Waals surface area contributed by atoms with Crippen molar-refractivity contribution in [2.24, 2.45) is 0 Å². The fourth-order valence-electron chi connectivity index (χ4n) is 2.09. The average molecular weight is 320 g/mol. The number of aryl methyl sites for hydroxylation is 1. The Bertz CT molecular complexity index is 612. The molecule has 2 aromatic carbocycles. The molecule has 2 nitrogen and oxygen atoms in total. The van der Waals surface area contributed by atoms with E-state index in [0.29, 0.717) is 0 Å². The van der Waals surface area contributed by atoms with E-state index >= 15 is 0 Å². The van der Waals surface area contributed by atoms with Crippen LogP contribution in [0.15, 0.2) is 48.5 Å². The van der Waals surface area contributed by atoms with Gasteiger partial charge in [-0.1, -0.05) is 36.4 Å². The Morgan fingerprint density at radius 3 is 2.32 bits per heavy atom. The number of halogens is 2. The SMILES string of the molecule is CC(CCc1ccccc1)NC(=S)Nc1c(F)cccc1F. The third-order valence-corrected chi connectivity index (χ3v) is 3.51. The van der Waals surface area contributed by atoms with Crippen LogP contribution < -0.4 is 10.6 Å². The van der Waals surface area contributed by atoms with Crippen LogP contribution in [0.5, 0.6) is 0 Å². The number of hydrogen-bond acceptors (Lipinski definition) is 1. The Morgan fingerprint density at radius 1 is 1.05 bits per heavy atom. The Kier molecular flexibility index (Phi) is 5.83. The maximum Gasteiger partial charge on any atom is 0.171 e. The van der Waals surface area contributed by atoms with E-state index in [1.54, 1.807) is 0 Å². The third-order valence-electron chi connectivity index (χ3n) is 3.29. The van der Waals surface area contributed by atoms with Crippen molar-refractivity contribution in [2.75, 3.05) is 5.32 Å². The van der Waals surface area contributed by atoms with Gasteiger partial charge in [-0.05, 0) is 49.7 Å². The molecular weight excluding hydrogens is 302 g/mol. The molecule has 0 amide bonds. The van der Waals surface area contributed by atoms with Crippen molar-refractivity contribution in [3.8, 4) is 0 Å². The number of rotatable bonds is 5. The van der Waals surface area contributed by atoms with Gasteiger partial charge in [0.1, 0.15) is 17.3 Å². The number of thiocarbonyl (C=S) groups is 1. The predicted octanol–water partition coefficient (Wildman–Crippen LogP) is 4.27. The molecule has 2 N–H and O–H groups in total. The highest BCUT2D eigenvalue weighted by atomic mass is 32.1. The highest BCUT2D eigenvalue weighted by Gasteiger charge is 2.11. The van der Waals surface area contributed by atoms with Crippen molar-refractivity contribution in [3.63, 3.8) is 0 Å². The van der Waals surface area contributed by atoms with Gasteiger partial charge < -0.3 is 10.6 Å². The summed E-state index contributed by atoms with van der Waals surface area (Å²) in [5.41, 5.74) is 1.02. The van der Waals surface area contributed by atoms with Crippen LogP contribution >= 0.6 is 12.2 Å². The van der Waals surface area contributed by atoms with Crippen LogP contribution in [0.3, 0.4) is 0 Å². The largest absolute Gasteiger partial charge is 0.360 e. The van der Waals surface area contributed by atoms with E-state index in [1.807, 2.05) is 25.1 Å². The van der Waals surface area contributed by atoms with Crippen LogP contribution in [-0.4, -0.2) is 11.2 Å². The molecule has 0 aliphatic carbocycles. The van der Waals surface area contributed by atoms with E-state index in [9.17, 15) is 8.78 Å². The quantitative estimate of drug-likeness (QED) is 0.805. The first-order valence-corrected chi connectivity index (χ1v) is 7.52. The second kappa shape index (κ2) is 7.84. The molecule has 5 heteroatoms. The molecule has 0 saturated carbocycles. The summed E-state index contributed by atoms with van der Waals surface area (Å²) in [5, 5.41) is 5.83. The Morgan fingerprint density at radius 2 is 1.68 bits per heavy atom. The van der Waals surface area contributed by atoms with Gasteiger partial charge >= 0.3 is 0 Å². The monoisotopic (exact) mass is 320 g/mol. The van der Waals surface area contributed by atoms with Gasteiger partial charge in [0.05, 0.1) is 0 Å². The van der Waals surface area contributed by atoms with Crippen molar-refractivity contribution < 1.29 is 8.78 Å². The van der Waals surface area contributed by atoms with E-state index in [0.717, 1.165) is 12.8 Å². The molecule has 0 saturated heterocycles. The summed E-state index contributed by atoms with van der Waals surface area (Å²) in [7, 11) is 0. The standard InChI is InChI=1S/C17H18F2N2S/c1-12(10-11-13-6-3-2-4-7-13)20-17(22)21-16-14(18)8-5-9-15(16)19/h2-9,12H,10-11H2,1H3,(H2,20,21,22). The minimum absolute atomic E-state index is 0.0926. The molecule has 2 aromatic rings. The molecule has 0 aliphatic heterocycles. The molecule has 1 unspecified atom stereocenters. The highest BCUT2D eigenvalue weighted by molar-refractivity contribution is 7.80. The number of hydrogen-bond donors (Lipinski definition) is 2. The molecule has 0 aliphatic rings. The molecule has 1 atom stereocenters. The first kappa shape index (κ1) is 16.4. The van der Waals surface area contributed by atoms with Crippen LogP contribution in [0.1, 0.15) is 18.9 Å². The maximum atomic E-state index is 13.5. The van der Waals surface area contributed by atoms with Crippen molar-refractivity contribution in [1.29, 1.82) is 0 Å². The van der Waals surface area contributed by atoms with Crippen LogP contribution in [0, 0.1) is 11.6 Å². The van der Waals surface area contributed by atoms with Crippen LogP contribution in [0.25, 0.3) is 0 Å². The smallest absolute Gasteiger partial charge is 0.171 e. The summed E-state index contributed by atoms with van der Waals surface area (Å²) in [4.78, 5) is 0. The van der Waals surface area contributed by atoms with Crippen LogP contribution in [0.2, 0.25) is 0 Å². The zero-order valence-electron chi connectivity index (χ0n) is 12.3. The minimum Gasteiger partial charge on any atom is -0.360 e. The van der Waals surface area contributed by atoms with Gasteiger partial charge in [0.25, 0.3) is 0 Å². The normalized spacial score (nSPS) is 11.8. The fourth-order valence-corrected chi connectivity index (χ4v) is 2.39. The van der Waals surface area contributed by atoms with Crippen LogP contribution in [-0.2, 0) is 6.42 Å². The number of para-hydroxylation sites is 1. The zero-order chi connectivity index (χ0) is 15.9. The zero-order valence-corrected chi connectivity index (χ0v) is 13.1. The van der Waals surface area contributed by atoms with Gasteiger partial charge in [-0.3, -0.25) is 0 Å². The first-order valence-electron chi connectivity index (χ1n) is 7.11. The minimum atomic E-state index is -0.666. The lowest BCUT2D eigenvalue weighted by atomic mass is 10.1. The predicted molar refractivity (Wildman–Crippen MR) is 89.9 cm³/mol. The Labute approximate surface area is 134 Å². The van der Waals surface area contributed by atoms with Gasteiger partial charge in [-0.25, -0.2) is 8.78 Å². The molecule has 0 spiro atoms. The molecule has 0 bridgehead atoms. The molecule has 22 heavy (non-hydrogen) atoms. The molecule has 0 aromatic heterocycles. The lowest BCUT2D eigenvalue weighted by Crippen LogP contribution is -2.36. The molecular formula is C17H18F2N2S. The summed E-state index contributed by atoms with van der Waals surface area (Å²) in [6.07, 6.45) is 1.78. The van der Waals surface area contributed by atoms with Crippen molar-refractivity contribution in [2.45, 2.75) is 25.8 Å². The van der Waals surface area contributed by atoms with Gasteiger partial charge in [0.15, 0.2) is 5.11 Å². The summed E-state index contributed by atoms with van der Waals surface area (Å²) in [6.45, 7) is 1.98. The second-order valence-corrected chi connectivity index (χ2v) is 5.53. The summed E-state index contributed by atoms with van der Waals surface area (Å²) < 4.78 is 27.1.